The van der Waals surface area contributed by atoms with Gasteiger partial charge in [-0.25, -0.2) is 4.79 Å². The van der Waals surface area contributed by atoms with Gasteiger partial charge < -0.3 is 20.5 Å². The summed E-state index contributed by atoms with van der Waals surface area (Å²) in [7, 11) is 3.98. The van der Waals surface area contributed by atoms with Crippen molar-refractivity contribution in [3.63, 3.8) is 0 Å². The summed E-state index contributed by atoms with van der Waals surface area (Å²) in [6.45, 7) is 3.53. The van der Waals surface area contributed by atoms with E-state index in [4.69, 9.17) is 0 Å². The Morgan fingerprint density at radius 1 is 1.12 bits per heavy atom. The number of benzene rings is 2. The van der Waals surface area contributed by atoms with Gasteiger partial charge in [0, 0.05) is 49.3 Å². The Kier molecular flexibility index (Phi) is 6.32. The van der Waals surface area contributed by atoms with Crippen LogP contribution in [0.1, 0.15) is 37.3 Å². The van der Waals surface area contributed by atoms with Crippen molar-refractivity contribution < 1.29 is 14.4 Å². The second-order valence-corrected chi connectivity index (χ2v) is 9.14. The number of anilines is 1. The Bertz CT molecular complexity index is 1220. The molecule has 8 nitrogen and oxygen atoms in total. The van der Waals surface area contributed by atoms with Gasteiger partial charge in [0.1, 0.15) is 12.1 Å². The number of carbonyl (C=O) groups excluding carboxylic acids is 3. The topological polar surface area (TPSA) is 97.5 Å². The lowest BCUT2D eigenvalue weighted by atomic mass is 9.90. The molecule has 1 aromatic heterocycles. The molecule has 0 spiro atoms. The molecular formula is C26H31N5O3. The Balaban J connectivity index is 1.55. The average molecular weight is 462 g/mol. The van der Waals surface area contributed by atoms with Crippen molar-refractivity contribution in [3.05, 3.63) is 65.9 Å². The van der Waals surface area contributed by atoms with Crippen LogP contribution in [0.4, 0.5) is 10.5 Å². The van der Waals surface area contributed by atoms with Crippen molar-refractivity contribution in [2.45, 2.75) is 31.7 Å². The zero-order chi connectivity index (χ0) is 24.5. The highest BCUT2D eigenvalue weighted by Crippen LogP contribution is 2.31. The van der Waals surface area contributed by atoms with Crippen molar-refractivity contribution >= 4 is 34.4 Å². The standard InChI is InChI=1S/C26H31N5O3/c1-5-26(2)24(33)31(25(34)29-26)16-23(32)28-14-20(17-10-12-18(13-11-17)30(3)4)21-15-27-22-9-7-6-8-19(21)22/h6-13,15,20,27H,5,14,16H2,1-4H3,(H,28,32)(H,29,34)/t20-,26-/m0/s1. The molecule has 2 aromatic carbocycles. The van der Waals surface area contributed by atoms with E-state index in [1.807, 2.05) is 50.3 Å². The molecule has 0 radical (unpaired) electrons. The number of aromatic amines is 1. The van der Waals surface area contributed by atoms with Gasteiger partial charge in [0.05, 0.1) is 0 Å². The third-order valence-electron chi connectivity index (χ3n) is 6.67. The molecule has 1 saturated heterocycles. The number of H-pyrrole nitrogens is 1. The molecule has 0 bridgehead atoms. The van der Waals surface area contributed by atoms with E-state index < -0.39 is 11.6 Å². The number of aromatic nitrogens is 1. The molecule has 2 atom stereocenters. The summed E-state index contributed by atoms with van der Waals surface area (Å²) in [4.78, 5) is 44.1. The Morgan fingerprint density at radius 3 is 2.47 bits per heavy atom. The smallest absolute Gasteiger partial charge is 0.325 e. The lowest BCUT2D eigenvalue weighted by Crippen LogP contribution is -2.45. The number of urea groups is 1. The highest BCUT2D eigenvalue weighted by molar-refractivity contribution is 6.08. The number of para-hydroxylation sites is 1. The van der Waals surface area contributed by atoms with E-state index in [0.717, 1.165) is 32.6 Å². The van der Waals surface area contributed by atoms with Gasteiger partial charge in [-0.05, 0) is 42.7 Å². The minimum atomic E-state index is -0.960. The maximum Gasteiger partial charge on any atom is 0.325 e. The molecule has 4 amide bonds. The highest BCUT2D eigenvalue weighted by Gasteiger charge is 2.47. The van der Waals surface area contributed by atoms with E-state index in [-0.39, 0.29) is 24.3 Å². The summed E-state index contributed by atoms with van der Waals surface area (Å²) in [5.74, 6) is -0.860. The first kappa shape index (κ1) is 23.4. The summed E-state index contributed by atoms with van der Waals surface area (Å²) < 4.78 is 0. The van der Waals surface area contributed by atoms with Gasteiger partial charge in [-0.2, -0.15) is 0 Å². The third-order valence-corrected chi connectivity index (χ3v) is 6.67. The first-order chi connectivity index (χ1) is 16.2. The summed E-state index contributed by atoms with van der Waals surface area (Å²) >= 11 is 0. The van der Waals surface area contributed by atoms with Crippen molar-refractivity contribution in [2.24, 2.45) is 0 Å². The summed E-state index contributed by atoms with van der Waals surface area (Å²) in [6.07, 6.45) is 2.44. The van der Waals surface area contributed by atoms with E-state index in [1.54, 1.807) is 6.92 Å². The maximum atomic E-state index is 12.8. The van der Waals surface area contributed by atoms with E-state index in [0.29, 0.717) is 13.0 Å². The van der Waals surface area contributed by atoms with Gasteiger partial charge in [-0.3, -0.25) is 14.5 Å². The van der Waals surface area contributed by atoms with Crippen molar-refractivity contribution in [1.29, 1.82) is 0 Å². The number of fused-ring (bicyclic) bond motifs is 1. The number of imide groups is 1. The van der Waals surface area contributed by atoms with Crippen LogP contribution in [0.2, 0.25) is 0 Å². The maximum absolute atomic E-state index is 12.8. The van der Waals surface area contributed by atoms with Crippen molar-refractivity contribution in [1.82, 2.24) is 20.5 Å². The van der Waals surface area contributed by atoms with Crippen molar-refractivity contribution in [3.8, 4) is 0 Å². The second-order valence-electron chi connectivity index (χ2n) is 9.14. The molecule has 0 saturated carbocycles. The van der Waals surface area contributed by atoms with Crippen LogP contribution in [-0.4, -0.2) is 60.5 Å². The van der Waals surface area contributed by atoms with E-state index >= 15 is 0 Å². The zero-order valence-corrected chi connectivity index (χ0v) is 20.0. The Morgan fingerprint density at radius 2 is 1.82 bits per heavy atom. The van der Waals surface area contributed by atoms with Gasteiger partial charge in [-0.15, -0.1) is 0 Å². The van der Waals surface area contributed by atoms with Gasteiger partial charge >= 0.3 is 6.03 Å². The van der Waals surface area contributed by atoms with Gasteiger partial charge in [0.25, 0.3) is 5.91 Å². The average Bonchev–Trinajstić information content (AvgIpc) is 3.34. The molecule has 0 unspecified atom stereocenters. The predicted molar refractivity (Wildman–Crippen MR) is 133 cm³/mol. The third kappa shape index (κ3) is 4.35. The number of rotatable bonds is 8. The SMILES string of the molecule is CC[C@]1(C)NC(=O)N(CC(=O)NC[C@@H](c2ccc(N(C)C)cc2)c2c[nH]c3ccccc23)C1=O. The molecule has 4 rings (SSSR count). The van der Waals surface area contributed by atoms with Crippen LogP contribution in [-0.2, 0) is 9.59 Å². The first-order valence-electron chi connectivity index (χ1n) is 11.5. The van der Waals surface area contributed by atoms with Crippen LogP contribution >= 0.6 is 0 Å². The van der Waals surface area contributed by atoms with Crippen LogP contribution < -0.4 is 15.5 Å². The largest absolute Gasteiger partial charge is 0.378 e. The minimum absolute atomic E-state index is 0.111. The monoisotopic (exact) mass is 461 g/mol. The molecule has 3 aromatic rings. The number of nitrogens with one attached hydrogen (secondary N) is 3. The molecule has 1 aliphatic heterocycles. The van der Waals surface area contributed by atoms with Gasteiger partial charge in [0.15, 0.2) is 0 Å². The van der Waals surface area contributed by atoms with Crippen LogP contribution in [0.25, 0.3) is 10.9 Å². The lowest BCUT2D eigenvalue weighted by molar-refractivity contribution is -0.134. The Hall–Kier alpha value is -3.81. The zero-order valence-electron chi connectivity index (χ0n) is 20.0. The van der Waals surface area contributed by atoms with Gasteiger partial charge in [0.2, 0.25) is 5.91 Å². The van der Waals surface area contributed by atoms with Crippen LogP contribution in [0.15, 0.2) is 54.7 Å². The summed E-state index contributed by atoms with van der Waals surface area (Å²) in [5, 5.41) is 6.72. The molecule has 34 heavy (non-hydrogen) atoms. The second kappa shape index (κ2) is 9.21. The molecule has 1 fully saturated rings. The quantitative estimate of drug-likeness (QED) is 0.449. The number of amides is 4. The minimum Gasteiger partial charge on any atom is -0.378 e. The fourth-order valence-corrected chi connectivity index (χ4v) is 4.34. The molecule has 8 heteroatoms. The highest BCUT2D eigenvalue weighted by atomic mass is 16.2. The summed E-state index contributed by atoms with van der Waals surface area (Å²) in [6, 6.07) is 15.8. The normalized spacial score (nSPS) is 18.8. The van der Waals surface area contributed by atoms with Crippen LogP contribution in [0.5, 0.6) is 0 Å². The molecule has 1 aliphatic rings. The Labute approximate surface area is 199 Å². The number of nitrogens with zero attached hydrogens (tertiary/aromatic N) is 2. The number of hydrogen-bond acceptors (Lipinski definition) is 4. The first-order valence-corrected chi connectivity index (χ1v) is 11.5. The van der Waals surface area contributed by atoms with E-state index in [9.17, 15) is 14.4 Å². The van der Waals surface area contributed by atoms with E-state index in [1.165, 1.54) is 0 Å². The number of hydrogen-bond donors (Lipinski definition) is 3. The molecule has 178 valence electrons. The molecule has 2 heterocycles. The summed E-state index contributed by atoms with van der Waals surface area (Å²) in [5.41, 5.74) is 3.28. The van der Waals surface area contributed by atoms with E-state index in [2.05, 4.69) is 45.9 Å². The lowest BCUT2D eigenvalue weighted by Gasteiger charge is -2.21. The van der Waals surface area contributed by atoms with Crippen LogP contribution in [0.3, 0.4) is 0 Å². The predicted octanol–water partition coefficient (Wildman–Crippen LogP) is 3.20. The van der Waals surface area contributed by atoms with Crippen molar-refractivity contribution in [2.75, 3.05) is 32.1 Å². The fraction of sp³-hybridized carbons (Fsp3) is 0.346. The number of carbonyl (C=O) groups is 3. The molecule has 3 N–H and O–H groups in total. The molecule has 0 aliphatic carbocycles. The van der Waals surface area contributed by atoms with Crippen LogP contribution in [0, 0.1) is 0 Å². The fourth-order valence-electron chi connectivity index (χ4n) is 4.34. The van der Waals surface area contributed by atoms with Gasteiger partial charge in [-0.1, -0.05) is 37.3 Å². The molecular weight excluding hydrogens is 430 g/mol.